The van der Waals surface area contributed by atoms with Crippen molar-refractivity contribution in [1.82, 2.24) is 14.3 Å². The molecule has 2 aromatic carbocycles. The van der Waals surface area contributed by atoms with Crippen LogP contribution in [0.3, 0.4) is 0 Å². The lowest BCUT2D eigenvalue weighted by Crippen LogP contribution is -2.35. The molecule has 0 saturated carbocycles. The summed E-state index contributed by atoms with van der Waals surface area (Å²) < 4.78 is 27.2. The van der Waals surface area contributed by atoms with Gasteiger partial charge in [0.05, 0.1) is 22.7 Å². The summed E-state index contributed by atoms with van der Waals surface area (Å²) in [6.45, 7) is 1.15. The summed E-state index contributed by atoms with van der Waals surface area (Å²) in [5.41, 5.74) is 3.68. The predicted molar refractivity (Wildman–Crippen MR) is 122 cm³/mol. The molecule has 2 aliphatic heterocycles. The van der Waals surface area contributed by atoms with Gasteiger partial charge >= 0.3 is 0 Å². The van der Waals surface area contributed by atoms with E-state index in [0.29, 0.717) is 36.1 Å². The van der Waals surface area contributed by atoms with Crippen molar-refractivity contribution in [2.45, 2.75) is 30.6 Å². The minimum atomic E-state index is -3.47. The van der Waals surface area contributed by atoms with E-state index >= 15 is 0 Å². The molecule has 164 valence electrons. The van der Waals surface area contributed by atoms with E-state index in [-0.39, 0.29) is 17.2 Å². The van der Waals surface area contributed by atoms with Crippen LogP contribution in [0.15, 0.2) is 59.6 Å². The number of benzene rings is 2. The molecule has 0 radical (unpaired) electrons. The molecule has 1 saturated heterocycles. The Morgan fingerprint density at radius 2 is 1.72 bits per heavy atom. The first-order valence-electron chi connectivity index (χ1n) is 10.6. The highest BCUT2D eigenvalue weighted by atomic mass is 32.2. The number of aromatic nitrogens is 2. The Morgan fingerprint density at radius 3 is 2.50 bits per heavy atom. The van der Waals surface area contributed by atoms with Crippen LogP contribution in [-0.2, 0) is 21.2 Å². The molecule has 32 heavy (non-hydrogen) atoms. The van der Waals surface area contributed by atoms with Crippen molar-refractivity contribution in [2.75, 3.05) is 23.7 Å². The van der Waals surface area contributed by atoms with Gasteiger partial charge in [-0.05, 0) is 43.2 Å². The molecule has 0 atom stereocenters. The van der Waals surface area contributed by atoms with E-state index in [0.717, 1.165) is 30.4 Å². The third-order valence-electron chi connectivity index (χ3n) is 5.74. The number of nitrogens with one attached hydrogen (secondary N) is 2. The van der Waals surface area contributed by atoms with E-state index in [1.165, 1.54) is 0 Å². The second-order valence-electron chi connectivity index (χ2n) is 7.95. The Kier molecular flexibility index (Phi) is 5.36. The standard InChI is InChI=1S/C23H23N5O3S/c29-21-14-16-15-24-23(27-22(16)19-6-2-3-7-20(19)26-21)25-17-8-10-18(11-9-17)32(30,31)28-12-4-1-5-13-28/h2-3,6-11,15H,1,4-5,12-14H2,(H,26,29)(H,24,25,27). The Bertz CT molecular complexity index is 1270. The van der Waals surface area contributed by atoms with Gasteiger partial charge in [0, 0.05) is 36.1 Å². The van der Waals surface area contributed by atoms with Crippen LogP contribution in [0.25, 0.3) is 11.3 Å². The zero-order valence-corrected chi connectivity index (χ0v) is 18.2. The summed E-state index contributed by atoms with van der Waals surface area (Å²) in [7, 11) is -3.47. The van der Waals surface area contributed by atoms with E-state index < -0.39 is 10.0 Å². The van der Waals surface area contributed by atoms with Gasteiger partial charge in [-0.3, -0.25) is 4.79 Å². The number of hydrogen-bond acceptors (Lipinski definition) is 6. The quantitative estimate of drug-likeness (QED) is 0.631. The molecule has 0 bridgehead atoms. The van der Waals surface area contributed by atoms with Crippen molar-refractivity contribution >= 4 is 33.3 Å². The van der Waals surface area contributed by atoms with Crippen LogP contribution < -0.4 is 10.6 Å². The van der Waals surface area contributed by atoms with Gasteiger partial charge in [0.15, 0.2) is 0 Å². The van der Waals surface area contributed by atoms with Crippen LogP contribution >= 0.6 is 0 Å². The summed E-state index contributed by atoms with van der Waals surface area (Å²) in [5, 5.41) is 6.04. The third-order valence-corrected chi connectivity index (χ3v) is 7.65. The molecule has 2 N–H and O–H groups in total. The van der Waals surface area contributed by atoms with Crippen LogP contribution in [0.5, 0.6) is 0 Å². The molecule has 5 rings (SSSR count). The van der Waals surface area contributed by atoms with Gasteiger partial charge in [-0.25, -0.2) is 18.4 Å². The summed E-state index contributed by atoms with van der Waals surface area (Å²) in [6.07, 6.45) is 4.73. The van der Waals surface area contributed by atoms with Crippen LogP contribution in [0, 0.1) is 0 Å². The largest absolute Gasteiger partial charge is 0.325 e. The predicted octanol–water partition coefficient (Wildman–Crippen LogP) is 3.56. The maximum Gasteiger partial charge on any atom is 0.243 e. The Balaban J connectivity index is 1.40. The molecule has 1 aromatic heterocycles. The van der Waals surface area contributed by atoms with Crippen molar-refractivity contribution in [2.24, 2.45) is 0 Å². The maximum absolute atomic E-state index is 12.8. The monoisotopic (exact) mass is 449 g/mol. The van der Waals surface area contributed by atoms with Crippen molar-refractivity contribution in [3.05, 3.63) is 60.3 Å². The molecule has 0 unspecified atom stereocenters. The molecule has 9 heteroatoms. The van der Waals surface area contributed by atoms with Gasteiger partial charge in [-0.15, -0.1) is 0 Å². The van der Waals surface area contributed by atoms with Crippen molar-refractivity contribution in [3.8, 4) is 11.3 Å². The van der Waals surface area contributed by atoms with Crippen molar-refractivity contribution < 1.29 is 13.2 Å². The molecule has 1 amide bonds. The Labute approximate surface area is 186 Å². The normalized spacial score (nSPS) is 16.4. The number of rotatable bonds is 4. The van der Waals surface area contributed by atoms with Gasteiger partial charge < -0.3 is 10.6 Å². The van der Waals surface area contributed by atoms with Gasteiger partial charge in [-0.1, -0.05) is 24.6 Å². The third kappa shape index (κ3) is 3.96. The molecule has 2 aliphatic rings. The number of fused-ring (bicyclic) bond motifs is 3. The lowest BCUT2D eigenvalue weighted by atomic mass is 10.1. The second kappa shape index (κ2) is 8.33. The lowest BCUT2D eigenvalue weighted by Gasteiger charge is -2.25. The van der Waals surface area contributed by atoms with Crippen LogP contribution in [0.1, 0.15) is 24.8 Å². The number of hydrogen-bond donors (Lipinski definition) is 2. The SMILES string of the molecule is O=C1Cc2cnc(Nc3ccc(S(=O)(=O)N4CCCCC4)cc3)nc2-c2ccccc2N1. The minimum Gasteiger partial charge on any atom is -0.325 e. The van der Waals surface area contributed by atoms with Gasteiger partial charge in [-0.2, -0.15) is 4.31 Å². The highest BCUT2D eigenvalue weighted by molar-refractivity contribution is 7.89. The van der Waals surface area contributed by atoms with E-state index in [2.05, 4.69) is 20.6 Å². The lowest BCUT2D eigenvalue weighted by molar-refractivity contribution is -0.115. The van der Waals surface area contributed by atoms with Gasteiger partial charge in [0.1, 0.15) is 0 Å². The summed E-state index contributed by atoms with van der Waals surface area (Å²) >= 11 is 0. The average Bonchev–Trinajstić information content (AvgIpc) is 2.95. The topological polar surface area (TPSA) is 104 Å². The van der Waals surface area contributed by atoms with E-state index in [1.807, 2.05) is 24.3 Å². The highest BCUT2D eigenvalue weighted by Crippen LogP contribution is 2.33. The molecule has 8 nitrogen and oxygen atoms in total. The minimum absolute atomic E-state index is 0.106. The smallest absolute Gasteiger partial charge is 0.243 e. The van der Waals surface area contributed by atoms with Crippen LogP contribution in [0.4, 0.5) is 17.3 Å². The van der Waals surface area contributed by atoms with Crippen LogP contribution in [0.2, 0.25) is 0 Å². The second-order valence-corrected chi connectivity index (χ2v) is 9.89. The number of piperidine rings is 1. The zero-order chi connectivity index (χ0) is 22.1. The maximum atomic E-state index is 12.8. The first-order valence-corrected chi connectivity index (χ1v) is 12.1. The fourth-order valence-electron chi connectivity index (χ4n) is 4.09. The molecule has 3 heterocycles. The Hall–Kier alpha value is -3.30. The number of carbonyl (C=O) groups excluding carboxylic acids is 1. The molecule has 1 fully saturated rings. The van der Waals surface area contributed by atoms with Gasteiger partial charge in [0.25, 0.3) is 0 Å². The number of sulfonamides is 1. The Morgan fingerprint density at radius 1 is 0.969 bits per heavy atom. The fraction of sp³-hybridized carbons (Fsp3) is 0.261. The summed E-state index contributed by atoms with van der Waals surface area (Å²) in [6, 6.07) is 14.2. The molecule has 0 spiro atoms. The molecular weight excluding hydrogens is 426 g/mol. The first kappa shape index (κ1) is 20.6. The van der Waals surface area contributed by atoms with E-state index in [9.17, 15) is 13.2 Å². The number of amides is 1. The molecule has 0 aliphatic carbocycles. The van der Waals surface area contributed by atoms with Gasteiger partial charge in [0.2, 0.25) is 21.9 Å². The number of para-hydroxylation sites is 1. The van der Waals surface area contributed by atoms with Crippen molar-refractivity contribution in [1.29, 1.82) is 0 Å². The summed E-state index contributed by atoms with van der Waals surface area (Å²) in [4.78, 5) is 21.5. The van der Waals surface area contributed by atoms with E-state index in [4.69, 9.17) is 0 Å². The van der Waals surface area contributed by atoms with E-state index in [1.54, 1.807) is 34.8 Å². The van der Waals surface area contributed by atoms with Crippen LogP contribution in [-0.4, -0.2) is 41.7 Å². The first-order chi connectivity index (χ1) is 15.5. The van der Waals surface area contributed by atoms with Crippen molar-refractivity contribution in [3.63, 3.8) is 0 Å². The number of anilines is 3. The molecular formula is C23H23N5O3S. The summed E-state index contributed by atoms with van der Waals surface area (Å²) in [5.74, 6) is 0.269. The average molecular weight is 450 g/mol. The number of nitrogens with zero attached hydrogens (tertiary/aromatic N) is 3. The highest BCUT2D eigenvalue weighted by Gasteiger charge is 2.26. The molecule has 3 aromatic rings. The fourth-order valence-corrected chi connectivity index (χ4v) is 5.61. The number of carbonyl (C=O) groups is 1. The zero-order valence-electron chi connectivity index (χ0n) is 17.4.